The Labute approximate surface area is 111 Å². The van der Waals surface area contributed by atoms with Gasteiger partial charge < -0.3 is 14.6 Å². The minimum absolute atomic E-state index is 0.251. The molecule has 0 saturated heterocycles. The van der Waals surface area contributed by atoms with Crippen molar-refractivity contribution < 1.29 is 19.4 Å². The fourth-order valence-electron chi connectivity index (χ4n) is 1.69. The van der Waals surface area contributed by atoms with E-state index in [-0.39, 0.29) is 5.56 Å². The van der Waals surface area contributed by atoms with Crippen molar-refractivity contribution in [2.24, 2.45) is 0 Å². The lowest BCUT2D eigenvalue weighted by atomic mass is 10.1. The molecule has 0 amide bonds. The first-order valence-corrected chi connectivity index (χ1v) is 5.79. The lowest BCUT2D eigenvalue weighted by Gasteiger charge is -2.10. The van der Waals surface area contributed by atoms with Crippen molar-refractivity contribution >= 4 is 5.97 Å². The van der Waals surface area contributed by atoms with Crippen LogP contribution in [0.25, 0.3) is 0 Å². The zero-order chi connectivity index (χ0) is 13.7. The summed E-state index contributed by atoms with van der Waals surface area (Å²) in [4.78, 5) is 10.9. The van der Waals surface area contributed by atoms with Gasteiger partial charge in [0.1, 0.15) is 6.61 Å². The molecule has 4 nitrogen and oxygen atoms in total. The molecule has 1 N–H and O–H groups in total. The molecule has 0 fully saturated rings. The van der Waals surface area contributed by atoms with Gasteiger partial charge in [-0.05, 0) is 29.8 Å². The molecule has 0 radical (unpaired) electrons. The van der Waals surface area contributed by atoms with Gasteiger partial charge in [-0.1, -0.05) is 24.3 Å². The van der Waals surface area contributed by atoms with Crippen molar-refractivity contribution in [1.82, 2.24) is 0 Å². The average Bonchev–Trinajstić information content (AvgIpc) is 2.45. The Bertz CT molecular complexity index is 578. The molecule has 0 bridgehead atoms. The molecule has 2 rings (SSSR count). The van der Waals surface area contributed by atoms with Crippen LogP contribution in [0.2, 0.25) is 0 Å². The van der Waals surface area contributed by atoms with Crippen molar-refractivity contribution in [1.29, 1.82) is 0 Å². The first-order chi connectivity index (χ1) is 9.20. The normalized spacial score (nSPS) is 9.95. The molecule has 0 unspecified atom stereocenters. The number of hydrogen-bond acceptors (Lipinski definition) is 3. The maximum absolute atomic E-state index is 10.9. The molecule has 0 aliphatic heterocycles. The second-order valence-electron chi connectivity index (χ2n) is 3.95. The third-order valence-corrected chi connectivity index (χ3v) is 2.64. The van der Waals surface area contributed by atoms with Gasteiger partial charge >= 0.3 is 5.97 Å². The van der Waals surface area contributed by atoms with Crippen LogP contribution in [0.3, 0.4) is 0 Å². The van der Waals surface area contributed by atoms with Crippen LogP contribution in [-0.2, 0) is 6.61 Å². The third-order valence-electron chi connectivity index (χ3n) is 2.64. The largest absolute Gasteiger partial charge is 0.493 e. The van der Waals surface area contributed by atoms with Gasteiger partial charge in [0.15, 0.2) is 11.5 Å². The van der Waals surface area contributed by atoms with E-state index in [1.54, 1.807) is 31.4 Å². The molecule has 0 atom stereocenters. The molecule has 0 aliphatic rings. The van der Waals surface area contributed by atoms with Gasteiger partial charge in [0.25, 0.3) is 0 Å². The Hall–Kier alpha value is -2.49. The number of benzene rings is 2. The summed E-state index contributed by atoms with van der Waals surface area (Å²) in [5.41, 5.74) is 1.05. The van der Waals surface area contributed by atoms with Gasteiger partial charge in [0.2, 0.25) is 0 Å². The highest BCUT2D eigenvalue weighted by molar-refractivity contribution is 5.87. The Balaban J connectivity index is 2.10. The molecule has 4 heteroatoms. The van der Waals surface area contributed by atoms with Gasteiger partial charge in [-0.25, -0.2) is 4.79 Å². The van der Waals surface area contributed by atoms with Gasteiger partial charge in [-0.2, -0.15) is 0 Å². The molecular formula is C15H14O4. The highest BCUT2D eigenvalue weighted by Crippen LogP contribution is 2.26. The predicted molar refractivity (Wildman–Crippen MR) is 70.7 cm³/mol. The Morgan fingerprint density at radius 2 is 1.84 bits per heavy atom. The summed E-state index contributed by atoms with van der Waals surface area (Å²) in [6.07, 6.45) is 0. The molecule has 2 aromatic carbocycles. The van der Waals surface area contributed by atoms with Crippen LogP contribution in [0.15, 0.2) is 48.5 Å². The number of aromatic carboxylic acids is 1. The van der Waals surface area contributed by atoms with E-state index in [1.807, 2.05) is 24.3 Å². The number of carbonyl (C=O) groups is 1. The quantitative estimate of drug-likeness (QED) is 0.895. The summed E-state index contributed by atoms with van der Waals surface area (Å²) < 4.78 is 10.8. The lowest BCUT2D eigenvalue weighted by molar-refractivity contribution is 0.0696. The van der Waals surface area contributed by atoms with E-state index in [0.29, 0.717) is 18.1 Å². The predicted octanol–water partition coefficient (Wildman–Crippen LogP) is 2.97. The molecule has 98 valence electrons. The summed E-state index contributed by atoms with van der Waals surface area (Å²) in [5.74, 6) is 0.335. The topological polar surface area (TPSA) is 55.8 Å². The standard InChI is InChI=1S/C15H14O4/c1-18-13-7-2-3-8-14(13)19-10-11-5-4-6-12(9-11)15(16)17/h2-9H,10H2,1H3,(H,16,17). The fraction of sp³-hybridized carbons (Fsp3) is 0.133. The van der Waals surface area contributed by atoms with Crippen LogP contribution in [0.4, 0.5) is 0 Å². The second kappa shape index (κ2) is 5.91. The SMILES string of the molecule is COc1ccccc1OCc1cccc(C(=O)O)c1. The van der Waals surface area contributed by atoms with Crippen molar-refractivity contribution in [2.45, 2.75) is 6.61 Å². The molecule has 0 aliphatic carbocycles. The second-order valence-corrected chi connectivity index (χ2v) is 3.95. The summed E-state index contributed by atoms with van der Waals surface area (Å²) in [6.45, 7) is 0.293. The molecule has 2 aromatic rings. The molecular weight excluding hydrogens is 244 g/mol. The highest BCUT2D eigenvalue weighted by atomic mass is 16.5. The van der Waals surface area contributed by atoms with E-state index >= 15 is 0 Å². The molecule has 0 spiro atoms. The van der Waals surface area contributed by atoms with Crippen LogP contribution in [0.5, 0.6) is 11.5 Å². The number of para-hydroxylation sites is 2. The van der Waals surface area contributed by atoms with Gasteiger partial charge in [0.05, 0.1) is 12.7 Å². The van der Waals surface area contributed by atoms with Crippen LogP contribution >= 0.6 is 0 Å². The van der Waals surface area contributed by atoms with E-state index in [9.17, 15) is 4.79 Å². The molecule has 0 aromatic heterocycles. The highest BCUT2D eigenvalue weighted by Gasteiger charge is 2.05. The van der Waals surface area contributed by atoms with Crippen LogP contribution in [0, 0.1) is 0 Å². The van der Waals surface area contributed by atoms with Crippen LogP contribution in [-0.4, -0.2) is 18.2 Å². The number of carboxylic acid groups (broad SMARTS) is 1. The number of carboxylic acids is 1. The van der Waals surface area contributed by atoms with E-state index in [1.165, 1.54) is 0 Å². The van der Waals surface area contributed by atoms with Crippen molar-refractivity contribution in [3.63, 3.8) is 0 Å². The average molecular weight is 258 g/mol. The summed E-state index contributed by atoms with van der Waals surface area (Å²) in [6, 6.07) is 14.0. The van der Waals surface area contributed by atoms with E-state index in [4.69, 9.17) is 14.6 Å². The number of methoxy groups -OCH3 is 1. The number of rotatable bonds is 5. The summed E-state index contributed by atoms with van der Waals surface area (Å²) >= 11 is 0. The summed E-state index contributed by atoms with van der Waals surface area (Å²) in [7, 11) is 1.58. The Kier molecular flexibility index (Phi) is 4.03. The first kappa shape index (κ1) is 13.0. The first-order valence-electron chi connectivity index (χ1n) is 5.79. The fourth-order valence-corrected chi connectivity index (χ4v) is 1.69. The van der Waals surface area contributed by atoms with Crippen molar-refractivity contribution in [3.8, 4) is 11.5 Å². The van der Waals surface area contributed by atoms with Gasteiger partial charge in [-0.3, -0.25) is 0 Å². The number of ether oxygens (including phenoxy) is 2. The van der Waals surface area contributed by atoms with E-state index in [2.05, 4.69) is 0 Å². The molecule has 0 saturated carbocycles. The minimum Gasteiger partial charge on any atom is -0.493 e. The summed E-state index contributed by atoms with van der Waals surface area (Å²) in [5, 5.41) is 8.92. The van der Waals surface area contributed by atoms with Gasteiger partial charge in [-0.15, -0.1) is 0 Å². The van der Waals surface area contributed by atoms with E-state index < -0.39 is 5.97 Å². The van der Waals surface area contributed by atoms with Crippen molar-refractivity contribution in [2.75, 3.05) is 7.11 Å². The third kappa shape index (κ3) is 3.25. The van der Waals surface area contributed by atoms with Crippen molar-refractivity contribution in [3.05, 3.63) is 59.7 Å². The number of hydrogen-bond donors (Lipinski definition) is 1. The molecule has 0 heterocycles. The zero-order valence-electron chi connectivity index (χ0n) is 10.5. The zero-order valence-corrected chi connectivity index (χ0v) is 10.5. The smallest absolute Gasteiger partial charge is 0.335 e. The lowest BCUT2D eigenvalue weighted by Crippen LogP contribution is -2.01. The maximum Gasteiger partial charge on any atom is 0.335 e. The van der Waals surface area contributed by atoms with Crippen LogP contribution in [0.1, 0.15) is 15.9 Å². The Morgan fingerprint density at radius 1 is 1.11 bits per heavy atom. The maximum atomic E-state index is 10.9. The Morgan fingerprint density at radius 3 is 2.53 bits per heavy atom. The minimum atomic E-state index is -0.945. The van der Waals surface area contributed by atoms with Gasteiger partial charge in [0, 0.05) is 0 Å². The van der Waals surface area contributed by atoms with E-state index in [0.717, 1.165) is 5.56 Å². The molecule has 19 heavy (non-hydrogen) atoms. The van der Waals surface area contributed by atoms with Crippen LogP contribution < -0.4 is 9.47 Å². The monoisotopic (exact) mass is 258 g/mol.